The fraction of sp³-hybridized carbons (Fsp3) is 0.300. The summed E-state index contributed by atoms with van der Waals surface area (Å²) in [7, 11) is 0. The van der Waals surface area contributed by atoms with Gasteiger partial charge < -0.3 is 14.3 Å². The van der Waals surface area contributed by atoms with Crippen molar-refractivity contribution in [3.8, 4) is 0 Å². The number of benzene rings is 2. The number of fused-ring (bicyclic) bond motifs is 2. The van der Waals surface area contributed by atoms with Gasteiger partial charge in [-0.2, -0.15) is 0 Å². The molecule has 2 saturated carbocycles. The van der Waals surface area contributed by atoms with Gasteiger partial charge in [0.25, 0.3) is 0 Å². The van der Waals surface area contributed by atoms with E-state index in [4.69, 9.17) is 4.42 Å². The second kappa shape index (κ2) is 7.48. The number of aromatic carboxylic acids is 1. The SMILES string of the molecule is O=C([O-])c1ccc2oc3c(SC4CC4)cc(SC4CC4)cc3c(=O)c2c1.[Na+]. The van der Waals surface area contributed by atoms with Crippen LogP contribution in [0.4, 0.5) is 0 Å². The van der Waals surface area contributed by atoms with Crippen molar-refractivity contribution in [1.82, 2.24) is 0 Å². The molecule has 0 aliphatic heterocycles. The summed E-state index contributed by atoms with van der Waals surface area (Å²) in [5.74, 6) is -1.30. The second-order valence-corrected chi connectivity index (χ2v) is 9.58. The molecule has 0 bridgehead atoms. The van der Waals surface area contributed by atoms with E-state index in [0.29, 0.717) is 27.1 Å². The Hall–Kier alpha value is -0.920. The number of carboxylic acids is 1. The molecule has 0 N–H and O–H groups in total. The molecule has 27 heavy (non-hydrogen) atoms. The molecule has 0 unspecified atom stereocenters. The van der Waals surface area contributed by atoms with Crippen LogP contribution in [0.3, 0.4) is 0 Å². The Labute approximate surface area is 186 Å². The molecular weight excluding hydrogens is 391 g/mol. The Morgan fingerprint density at radius 1 is 1.00 bits per heavy atom. The van der Waals surface area contributed by atoms with Crippen molar-refractivity contribution in [3.05, 3.63) is 46.1 Å². The third kappa shape index (κ3) is 3.96. The predicted molar refractivity (Wildman–Crippen MR) is 102 cm³/mol. The molecule has 7 heteroatoms. The molecule has 3 aromatic rings. The predicted octanol–water partition coefficient (Wildman–Crippen LogP) is 0.823. The van der Waals surface area contributed by atoms with Crippen LogP contribution in [-0.4, -0.2) is 16.5 Å². The third-order valence-corrected chi connectivity index (χ3v) is 7.26. The zero-order chi connectivity index (χ0) is 17.8. The fourth-order valence-electron chi connectivity index (χ4n) is 2.93. The smallest absolute Gasteiger partial charge is 0.545 e. The molecule has 0 saturated heterocycles. The Kier molecular flexibility index (Phi) is 5.38. The Bertz CT molecular complexity index is 1120. The number of carbonyl (C=O) groups excluding carboxylic acids is 1. The van der Waals surface area contributed by atoms with Crippen molar-refractivity contribution in [1.29, 1.82) is 0 Å². The molecule has 2 aliphatic rings. The van der Waals surface area contributed by atoms with Crippen LogP contribution >= 0.6 is 23.5 Å². The van der Waals surface area contributed by atoms with Gasteiger partial charge in [-0.25, -0.2) is 0 Å². The van der Waals surface area contributed by atoms with Crippen LogP contribution in [0.1, 0.15) is 36.0 Å². The van der Waals surface area contributed by atoms with Gasteiger partial charge in [0.1, 0.15) is 5.58 Å². The molecule has 2 aliphatic carbocycles. The summed E-state index contributed by atoms with van der Waals surface area (Å²) in [4.78, 5) is 26.3. The molecule has 5 rings (SSSR count). The number of rotatable bonds is 5. The van der Waals surface area contributed by atoms with Crippen LogP contribution < -0.4 is 40.1 Å². The van der Waals surface area contributed by atoms with Gasteiger partial charge in [0.2, 0.25) is 5.43 Å². The minimum absolute atomic E-state index is 0. The first-order valence-electron chi connectivity index (χ1n) is 8.68. The van der Waals surface area contributed by atoms with E-state index in [1.54, 1.807) is 17.8 Å². The number of carbonyl (C=O) groups is 1. The van der Waals surface area contributed by atoms with Crippen LogP contribution in [-0.2, 0) is 0 Å². The average Bonchev–Trinajstić information content (AvgIpc) is 3.52. The average molecular weight is 406 g/mol. The van der Waals surface area contributed by atoms with Gasteiger partial charge in [-0.3, -0.25) is 4.79 Å². The molecule has 4 nitrogen and oxygen atoms in total. The fourth-order valence-corrected chi connectivity index (χ4v) is 5.32. The summed E-state index contributed by atoms with van der Waals surface area (Å²) in [6.45, 7) is 0. The molecule has 2 aromatic carbocycles. The van der Waals surface area contributed by atoms with Crippen LogP contribution in [0.5, 0.6) is 0 Å². The van der Waals surface area contributed by atoms with Crippen LogP contribution in [0.25, 0.3) is 21.9 Å². The van der Waals surface area contributed by atoms with Gasteiger partial charge in [-0.15, -0.1) is 23.5 Å². The van der Waals surface area contributed by atoms with Crippen molar-refractivity contribution >= 4 is 51.4 Å². The number of hydrogen-bond donors (Lipinski definition) is 0. The Morgan fingerprint density at radius 2 is 1.70 bits per heavy atom. The van der Waals surface area contributed by atoms with E-state index >= 15 is 0 Å². The molecule has 2 fully saturated rings. The summed E-state index contributed by atoms with van der Waals surface area (Å²) < 4.78 is 6.05. The van der Waals surface area contributed by atoms with Crippen LogP contribution in [0, 0.1) is 0 Å². The maximum absolute atomic E-state index is 13.1. The molecule has 0 atom stereocenters. The Balaban J connectivity index is 0.00000180. The van der Waals surface area contributed by atoms with Crippen molar-refractivity contribution in [3.63, 3.8) is 0 Å². The van der Waals surface area contributed by atoms with E-state index < -0.39 is 5.97 Å². The standard InChI is InChI=1S/C20H16O4S2.Na/c21-18-14-7-10(20(22)23)1-6-16(14)24-19-15(18)8-13(25-11-2-3-11)9-17(19)26-12-4-5-12;/h1,6-9,11-12H,2-5H2,(H,22,23);/q;+1/p-1. The maximum atomic E-state index is 13.1. The molecule has 1 aromatic heterocycles. The van der Waals surface area contributed by atoms with Crippen molar-refractivity contribution in [2.75, 3.05) is 0 Å². The van der Waals surface area contributed by atoms with Gasteiger partial charge in [0.05, 0.1) is 21.6 Å². The minimum atomic E-state index is -1.30. The molecule has 132 valence electrons. The first-order chi connectivity index (χ1) is 12.6. The van der Waals surface area contributed by atoms with E-state index in [1.165, 1.54) is 37.8 Å². The monoisotopic (exact) mass is 406 g/mol. The van der Waals surface area contributed by atoms with Crippen LogP contribution in [0.2, 0.25) is 0 Å². The molecular formula is C20H15NaO4S2. The molecule has 1 heterocycles. The summed E-state index contributed by atoms with van der Waals surface area (Å²) >= 11 is 3.59. The summed E-state index contributed by atoms with van der Waals surface area (Å²) in [5.41, 5.74) is 0.828. The quantitative estimate of drug-likeness (QED) is 0.462. The van der Waals surface area contributed by atoms with Gasteiger partial charge in [-0.1, -0.05) is 0 Å². The minimum Gasteiger partial charge on any atom is -0.545 e. The Morgan fingerprint density at radius 3 is 2.37 bits per heavy atom. The topological polar surface area (TPSA) is 70.3 Å². The van der Waals surface area contributed by atoms with E-state index in [9.17, 15) is 14.7 Å². The van der Waals surface area contributed by atoms with E-state index in [0.717, 1.165) is 9.79 Å². The number of thioether (sulfide) groups is 2. The third-order valence-electron chi connectivity index (χ3n) is 4.59. The van der Waals surface area contributed by atoms with Gasteiger partial charge >= 0.3 is 29.6 Å². The number of carboxylic acid groups (broad SMARTS) is 1. The maximum Gasteiger partial charge on any atom is 1.00 e. The summed E-state index contributed by atoms with van der Waals surface area (Å²) in [6.07, 6.45) is 4.82. The van der Waals surface area contributed by atoms with Crippen molar-refractivity contribution in [2.45, 2.75) is 46.0 Å². The van der Waals surface area contributed by atoms with Gasteiger partial charge in [0.15, 0.2) is 5.58 Å². The first kappa shape index (κ1) is 19.4. The second-order valence-electron chi connectivity index (χ2n) is 6.86. The van der Waals surface area contributed by atoms with Gasteiger partial charge in [-0.05, 0) is 61.6 Å². The van der Waals surface area contributed by atoms with E-state index in [2.05, 4.69) is 6.07 Å². The molecule has 0 amide bonds. The van der Waals surface area contributed by atoms with E-state index in [1.807, 2.05) is 17.8 Å². The normalized spacial score (nSPS) is 16.4. The zero-order valence-electron chi connectivity index (χ0n) is 14.8. The van der Waals surface area contributed by atoms with Crippen molar-refractivity contribution < 1.29 is 43.9 Å². The molecule has 0 radical (unpaired) electrons. The van der Waals surface area contributed by atoms with Crippen LogP contribution in [0.15, 0.2) is 49.3 Å². The van der Waals surface area contributed by atoms with E-state index in [-0.39, 0.29) is 45.9 Å². The van der Waals surface area contributed by atoms with Gasteiger partial charge in [0, 0.05) is 15.4 Å². The largest absolute Gasteiger partial charge is 1.00 e. The first-order valence-corrected chi connectivity index (χ1v) is 10.4. The summed E-state index contributed by atoms with van der Waals surface area (Å²) in [6, 6.07) is 8.34. The number of hydrogen-bond acceptors (Lipinski definition) is 6. The zero-order valence-corrected chi connectivity index (χ0v) is 18.5. The molecule has 0 spiro atoms. The van der Waals surface area contributed by atoms with Crippen molar-refractivity contribution in [2.24, 2.45) is 0 Å². The summed E-state index contributed by atoms with van der Waals surface area (Å²) in [5, 5.41) is 13.2.